The number of rotatable bonds is 5. The summed E-state index contributed by atoms with van der Waals surface area (Å²) < 4.78 is 52.2. The Morgan fingerprint density at radius 2 is 1.81 bits per heavy atom. The Hall–Kier alpha value is -2.66. The zero-order valence-corrected chi connectivity index (χ0v) is 17.0. The molecule has 12 heteroatoms. The largest absolute Gasteiger partial charge is 0.391 e. The van der Waals surface area contributed by atoms with Crippen LogP contribution >= 0.6 is 0 Å². The second kappa shape index (κ2) is 9.23. The number of nitro groups is 1. The molecule has 1 amide bonds. The van der Waals surface area contributed by atoms with Gasteiger partial charge >= 0.3 is 11.9 Å². The minimum absolute atomic E-state index is 0.0235. The molecule has 0 unspecified atom stereocenters. The van der Waals surface area contributed by atoms with Gasteiger partial charge in [-0.25, -0.2) is 9.37 Å². The molecule has 31 heavy (non-hydrogen) atoms. The van der Waals surface area contributed by atoms with E-state index in [1.54, 1.807) is 4.90 Å². The van der Waals surface area contributed by atoms with E-state index in [1.165, 1.54) is 7.05 Å². The summed E-state index contributed by atoms with van der Waals surface area (Å²) in [5.74, 6) is -1.84. The van der Waals surface area contributed by atoms with Crippen LogP contribution in [0.1, 0.15) is 48.9 Å². The van der Waals surface area contributed by atoms with Gasteiger partial charge < -0.3 is 15.5 Å². The first kappa shape index (κ1) is 23.0. The van der Waals surface area contributed by atoms with Crippen LogP contribution in [0.2, 0.25) is 0 Å². The van der Waals surface area contributed by atoms with Crippen molar-refractivity contribution in [3.05, 3.63) is 21.7 Å². The quantitative estimate of drug-likeness (QED) is 0.404. The molecule has 0 aromatic carbocycles. The van der Waals surface area contributed by atoms with Gasteiger partial charge in [0.05, 0.1) is 16.4 Å². The van der Waals surface area contributed by atoms with Crippen molar-refractivity contribution in [2.24, 2.45) is 5.92 Å². The summed E-state index contributed by atoms with van der Waals surface area (Å²) in [4.78, 5) is 29.7. The zero-order chi connectivity index (χ0) is 22.8. The van der Waals surface area contributed by atoms with Crippen molar-refractivity contribution in [3.63, 3.8) is 0 Å². The summed E-state index contributed by atoms with van der Waals surface area (Å²) in [7, 11) is 1.46. The van der Waals surface area contributed by atoms with Crippen LogP contribution < -0.4 is 15.5 Å². The molecule has 1 aromatic rings. The Labute approximate surface area is 176 Å². The summed E-state index contributed by atoms with van der Waals surface area (Å²) in [6, 6.07) is 0.658. The lowest BCUT2D eigenvalue weighted by Gasteiger charge is -2.32. The van der Waals surface area contributed by atoms with Crippen molar-refractivity contribution < 1.29 is 27.3 Å². The van der Waals surface area contributed by atoms with E-state index in [0.29, 0.717) is 13.1 Å². The molecule has 2 heterocycles. The predicted molar refractivity (Wildman–Crippen MR) is 106 cm³/mol. The second-order valence-electron chi connectivity index (χ2n) is 7.96. The molecule has 2 aliphatic rings. The van der Waals surface area contributed by atoms with Crippen LogP contribution in [0.25, 0.3) is 0 Å². The number of anilines is 2. The van der Waals surface area contributed by atoms with Gasteiger partial charge in [-0.05, 0) is 38.5 Å². The van der Waals surface area contributed by atoms with Gasteiger partial charge in [-0.2, -0.15) is 13.2 Å². The molecule has 0 spiro atoms. The van der Waals surface area contributed by atoms with Gasteiger partial charge in [0.1, 0.15) is 12.0 Å². The molecule has 0 radical (unpaired) electrons. The van der Waals surface area contributed by atoms with Crippen LogP contribution in [-0.2, 0) is 0 Å². The Bertz CT molecular complexity index is 819. The van der Waals surface area contributed by atoms with Gasteiger partial charge in [0.15, 0.2) is 0 Å². The van der Waals surface area contributed by atoms with Crippen LogP contribution in [0.5, 0.6) is 0 Å². The third kappa shape index (κ3) is 5.34. The highest BCUT2D eigenvalue weighted by Gasteiger charge is 2.41. The molecule has 0 bridgehead atoms. The summed E-state index contributed by atoms with van der Waals surface area (Å²) >= 11 is 0. The summed E-state index contributed by atoms with van der Waals surface area (Å²) in [5, 5.41) is 16.8. The van der Waals surface area contributed by atoms with Crippen LogP contribution in [0.15, 0.2) is 6.07 Å². The summed E-state index contributed by atoms with van der Waals surface area (Å²) in [5.41, 5.74) is -0.432. The summed E-state index contributed by atoms with van der Waals surface area (Å²) in [6.45, 7) is 0.595. The molecular weight excluding hydrogens is 422 g/mol. The first-order valence-electron chi connectivity index (χ1n) is 10.2. The van der Waals surface area contributed by atoms with E-state index < -0.39 is 40.8 Å². The van der Waals surface area contributed by atoms with E-state index in [9.17, 15) is 32.5 Å². The van der Waals surface area contributed by atoms with Crippen LogP contribution in [0.4, 0.5) is 34.9 Å². The lowest BCUT2D eigenvalue weighted by atomic mass is 9.85. The fourth-order valence-electron chi connectivity index (χ4n) is 4.11. The number of hydrogen-bond donors (Lipinski definition) is 2. The molecule has 3 rings (SSSR count). The number of amides is 1. The van der Waals surface area contributed by atoms with E-state index in [-0.39, 0.29) is 55.7 Å². The van der Waals surface area contributed by atoms with Crippen LogP contribution in [0, 0.1) is 16.0 Å². The first-order chi connectivity index (χ1) is 14.6. The second-order valence-corrected chi connectivity index (χ2v) is 7.96. The molecule has 1 aromatic heterocycles. The molecule has 8 nitrogen and oxygen atoms in total. The number of pyridine rings is 1. The lowest BCUT2D eigenvalue weighted by molar-refractivity contribution is -0.384. The number of nitrogens with one attached hydrogen (secondary N) is 2. The third-order valence-corrected chi connectivity index (χ3v) is 5.91. The van der Waals surface area contributed by atoms with Crippen molar-refractivity contribution in [2.45, 2.75) is 56.9 Å². The zero-order valence-electron chi connectivity index (χ0n) is 17.0. The SMILES string of the molecule is CNc1nc(N2CCC(F)CC2)c(C(=O)NC2CCC(C(F)(F)F)CC2)cc1[N+](=O)[O-]. The maximum absolute atomic E-state index is 13.6. The van der Waals surface area contributed by atoms with Crippen LogP contribution in [0.3, 0.4) is 0 Å². The number of nitrogens with zero attached hydrogens (tertiary/aromatic N) is 3. The van der Waals surface area contributed by atoms with Gasteiger partial charge in [-0.15, -0.1) is 0 Å². The fraction of sp³-hybridized carbons (Fsp3) is 0.684. The number of alkyl halides is 4. The highest BCUT2D eigenvalue weighted by molar-refractivity contribution is 6.00. The van der Waals surface area contributed by atoms with Crippen molar-refractivity contribution in [1.82, 2.24) is 10.3 Å². The average Bonchev–Trinajstić information content (AvgIpc) is 2.73. The first-order valence-corrected chi connectivity index (χ1v) is 10.2. The minimum atomic E-state index is -4.25. The number of aromatic nitrogens is 1. The Kier molecular flexibility index (Phi) is 6.85. The number of piperidine rings is 1. The molecule has 1 aliphatic heterocycles. The highest BCUT2D eigenvalue weighted by atomic mass is 19.4. The molecule has 1 aliphatic carbocycles. The van der Waals surface area contributed by atoms with E-state index in [0.717, 1.165) is 6.07 Å². The standard InChI is InChI=1S/C19H25F4N5O3/c1-24-16-15(28(30)31)10-14(17(26-16)27-8-6-12(20)7-9-27)18(29)25-13-4-2-11(3-5-13)19(21,22)23/h10-13H,2-9H2,1H3,(H,24,26)(H,25,29). The maximum Gasteiger partial charge on any atom is 0.391 e. The number of carbonyl (C=O) groups excluding carboxylic acids is 1. The Balaban J connectivity index is 1.83. The normalized spacial score (nSPS) is 22.8. The topological polar surface area (TPSA) is 100 Å². The number of halogens is 4. The van der Waals surface area contributed by atoms with Crippen molar-refractivity contribution in [3.8, 4) is 0 Å². The third-order valence-electron chi connectivity index (χ3n) is 5.91. The Morgan fingerprint density at radius 3 is 2.32 bits per heavy atom. The highest BCUT2D eigenvalue weighted by Crippen LogP contribution is 2.38. The smallest absolute Gasteiger partial charge is 0.367 e. The fourth-order valence-corrected chi connectivity index (χ4v) is 4.11. The van der Waals surface area contributed by atoms with Crippen LogP contribution in [-0.4, -0.2) is 54.3 Å². The molecule has 2 N–H and O–H groups in total. The lowest BCUT2D eigenvalue weighted by Crippen LogP contribution is -2.41. The predicted octanol–water partition coefficient (Wildman–Crippen LogP) is 3.82. The molecular formula is C19H25F4N5O3. The minimum Gasteiger partial charge on any atom is -0.367 e. The van der Waals surface area contributed by atoms with Crippen molar-refractivity contribution in [2.75, 3.05) is 30.4 Å². The van der Waals surface area contributed by atoms with Gasteiger partial charge in [0.2, 0.25) is 5.82 Å². The monoisotopic (exact) mass is 447 g/mol. The van der Waals surface area contributed by atoms with Gasteiger partial charge in [-0.3, -0.25) is 14.9 Å². The summed E-state index contributed by atoms with van der Waals surface area (Å²) in [6.07, 6.45) is -4.54. The molecule has 0 atom stereocenters. The van der Waals surface area contributed by atoms with E-state index in [4.69, 9.17) is 0 Å². The van der Waals surface area contributed by atoms with Gasteiger partial charge in [-0.1, -0.05) is 0 Å². The number of carbonyl (C=O) groups is 1. The van der Waals surface area contributed by atoms with E-state index in [1.807, 2.05) is 0 Å². The van der Waals surface area contributed by atoms with Crippen molar-refractivity contribution in [1.29, 1.82) is 0 Å². The Morgan fingerprint density at radius 1 is 1.19 bits per heavy atom. The van der Waals surface area contributed by atoms with E-state index >= 15 is 0 Å². The van der Waals surface area contributed by atoms with Gasteiger partial charge in [0.25, 0.3) is 5.91 Å². The molecule has 1 saturated carbocycles. The average molecular weight is 447 g/mol. The van der Waals surface area contributed by atoms with Crippen molar-refractivity contribution >= 4 is 23.2 Å². The maximum atomic E-state index is 13.6. The molecule has 1 saturated heterocycles. The molecule has 2 fully saturated rings. The number of hydrogen-bond acceptors (Lipinski definition) is 6. The van der Waals surface area contributed by atoms with Gasteiger partial charge in [0, 0.05) is 32.2 Å². The molecule has 172 valence electrons. The van der Waals surface area contributed by atoms with E-state index in [2.05, 4.69) is 15.6 Å².